The number of rotatable bonds is 45. The maximum absolute atomic E-state index is 12.8. The molecule has 0 N–H and O–H groups in total. The van der Waals surface area contributed by atoms with Gasteiger partial charge in [0.2, 0.25) is 0 Å². The first kappa shape index (κ1) is 58.6. The maximum Gasteiger partial charge on any atom is 0.306 e. The van der Waals surface area contributed by atoms with Gasteiger partial charge in [-0.25, -0.2) is 0 Å². The third kappa shape index (κ3) is 49.2. The minimum absolute atomic E-state index is 0.0500. The monoisotopic (exact) mass is 859 g/mol. The van der Waals surface area contributed by atoms with Crippen LogP contribution in [0.15, 0.2) is 109 Å². The molecule has 0 saturated carbocycles. The molecule has 0 bridgehead atoms. The molecule has 0 aromatic rings. The number of unbranched alkanes of at least 4 members (excludes halogenated alkanes) is 16. The lowest BCUT2D eigenvalue weighted by atomic mass is 10.1. The van der Waals surface area contributed by atoms with E-state index in [1.165, 1.54) is 44.9 Å². The van der Waals surface area contributed by atoms with Gasteiger partial charge in [0, 0.05) is 19.4 Å². The van der Waals surface area contributed by atoms with Crippen LogP contribution < -0.4 is 0 Å². The molecule has 0 aliphatic carbocycles. The molecule has 0 aliphatic rings. The van der Waals surface area contributed by atoms with Gasteiger partial charge in [-0.1, -0.05) is 188 Å². The molecule has 0 aromatic heterocycles. The Hall–Kier alpha value is -3.44. The molecule has 0 aliphatic heterocycles. The van der Waals surface area contributed by atoms with E-state index in [1.54, 1.807) is 0 Å². The Kier molecular flexibility index (Phi) is 49.0. The molecular formula is C57H94O5. The van der Waals surface area contributed by atoms with Gasteiger partial charge in [-0.05, 0) is 122 Å². The SMILES string of the molecule is CC/C=C\C/C=C\C/C=C\C/C=C\CCCCCCC(=O)OCC(COCCCCC/C=C\C/C=C\C/C=C\C/C=C\CC)OC(=O)CCCCCCC/C=C\CCCCCC. The smallest absolute Gasteiger partial charge is 0.306 e. The second-order valence-corrected chi connectivity index (χ2v) is 16.3. The Labute approximate surface area is 383 Å². The molecule has 0 heterocycles. The number of carbonyl (C=O) groups is 2. The van der Waals surface area contributed by atoms with Crippen molar-refractivity contribution in [1.82, 2.24) is 0 Å². The highest BCUT2D eigenvalue weighted by atomic mass is 16.6. The van der Waals surface area contributed by atoms with E-state index in [1.807, 2.05) is 0 Å². The lowest BCUT2D eigenvalue weighted by Crippen LogP contribution is -2.30. The van der Waals surface area contributed by atoms with Crippen LogP contribution in [0.2, 0.25) is 0 Å². The predicted molar refractivity (Wildman–Crippen MR) is 269 cm³/mol. The van der Waals surface area contributed by atoms with Gasteiger partial charge in [0.05, 0.1) is 6.61 Å². The van der Waals surface area contributed by atoms with Crippen LogP contribution in [0.5, 0.6) is 0 Å². The van der Waals surface area contributed by atoms with Crippen molar-refractivity contribution in [2.75, 3.05) is 19.8 Å². The number of ether oxygens (including phenoxy) is 3. The highest BCUT2D eigenvalue weighted by Crippen LogP contribution is 2.12. The summed E-state index contributed by atoms with van der Waals surface area (Å²) in [6.45, 7) is 7.47. The third-order valence-corrected chi connectivity index (χ3v) is 10.3. The quantitative estimate of drug-likeness (QED) is 0.0347. The molecule has 0 fully saturated rings. The van der Waals surface area contributed by atoms with E-state index in [0.717, 1.165) is 135 Å². The van der Waals surface area contributed by atoms with Gasteiger partial charge in [0.15, 0.2) is 6.10 Å². The van der Waals surface area contributed by atoms with E-state index in [-0.39, 0.29) is 25.2 Å². The van der Waals surface area contributed by atoms with Gasteiger partial charge in [0.1, 0.15) is 6.61 Å². The van der Waals surface area contributed by atoms with Crippen molar-refractivity contribution in [1.29, 1.82) is 0 Å². The fourth-order valence-corrected chi connectivity index (χ4v) is 6.54. The van der Waals surface area contributed by atoms with Crippen LogP contribution in [0, 0.1) is 0 Å². The fraction of sp³-hybridized carbons (Fsp3) is 0.649. The molecule has 0 amide bonds. The molecule has 0 saturated heterocycles. The van der Waals surface area contributed by atoms with Crippen LogP contribution in [-0.2, 0) is 23.8 Å². The average Bonchev–Trinajstić information content (AvgIpc) is 3.27. The number of allylic oxidation sites excluding steroid dienone is 18. The molecule has 352 valence electrons. The second-order valence-electron chi connectivity index (χ2n) is 16.3. The van der Waals surface area contributed by atoms with Crippen LogP contribution in [0.25, 0.3) is 0 Å². The van der Waals surface area contributed by atoms with Crippen LogP contribution in [0.1, 0.15) is 213 Å². The number of esters is 2. The Balaban J connectivity index is 4.40. The van der Waals surface area contributed by atoms with Crippen molar-refractivity contribution in [2.24, 2.45) is 0 Å². The summed E-state index contributed by atoms with van der Waals surface area (Å²) >= 11 is 0. The van der Waals surface area contributed by atoms with Gasteiger partial charge >= 0.3 is 11.9 Å². The molecule has 0 radical (unpaired) electrons. The van der Waals surface area contributed by atoms with E-state index in [9.17, 15) is 9.59 Å². The van der Waals surface area contributed by atoms with Gasteiger partial charge in [0.25, 0.3) is 0 Å². The van der Waals surface area contributed by atoms with Crippen molar-refractivity contribution in [2.45, 2.75) is 219 Å². The first-order chi connectivity index (χ1) is 30.6. The molecule has 0 rings (SSSR count). The summed E-state index contributed by atoms with van der Waals surface area (Å²) in [5.74, 6) is -0.459. The van der Waals surface area contributed by atoms with Crippen LogP contribution >= 0.6 is 0 Å². The number of hydrogen-bond donors (Lipinski definition) is 0. The number of hydrogen-bond acceptors (Lipinski definition) is 5. The first-order valence-electron chi connectivity index (χ1n) is 25.4. The first-order valence-corrected chi connectivity index (χ1v) is 25.4. The second kappa shape index (κ2) is 51.9. The zero-order valence-electron chi connectivity index (χ0n) is 40.3. The molecule has 62 heavy (non-hydrogen) atoms. The Morgan fingerprint density at radius 3 is 1.18 bits per heavy atom. The largest absolute Gasteiger partial charge is 0.462 e. The zero-order valence-corrected chi connectivity index (χ0v) is 40.3. The third-order valence-electron chi connectivity index (χ3n) is 10.3. The van der Waals surface area contributed by atoms with E-state index in [4.69, 9.17) is 14.2 Å². The summed E-state index contributed by atoms with van der Waals surface area (Å²) in [4.78, 5) is 25.4. The summed E-state index contributed by atoms with van der Waals surface area (Å²) in [6, 6.07) is 0. The zero-order chi connectivity index (χ0) is 44.9. The van der Waals surface area contributed by atoms with Gasteiger partial charge in [-0.3, -0.25) is 9.59 Å². The Morgan fingerprint density at radius 2 is 0.726 bits per heavy atom. The highest BCUT2D eigenvalue weighted by molar-refractivity contribution is 5.70. The lowest BCUT2D eigenvalue weighted by molar-refractivity contribution is -0.163. The van der Waals surface area contributed by atoms with E-state index in [0.29, 0.717) is 19.4 Å². The van der Waals surface area contributed by atoms with E-state index in [2.05, 4.69) is 130 Å². The summed E-state index contributed by atoms with van der Waals surface area (Å²) in [5.41, 5.74) is 0. The molecule has 0 aromatic carbocycles. The predicted octanol–water partition coefficient (Wildman–Crippen LogP) is 17.2. The molecule has 1 unspecified atom stereocenters. The number of carbonyl (C=O) groups excluding carboxylic acids is 2. The van der Waals surface area contributed by atoms with Crippen LogP contribution in [0.3, 0.4) is 0 Å². The van der Waals surface area contributed by atoms with Crippen LogP contribution in [0.4, 0.5) is 0 Å². The summed E-state index contributed by atoms with van der Waals surface area (Å²) in [7, 11) is 0. The van der Waals surface area contributed by atoms with Crippen molar-refractivity contribution in [3.63, 3.8) is 0 Å². The summed E-state index contributed by atoms with van der Waals surface area (Å²) in [6.07, 6.45) is 70.9. The molecular weight excluding hydrogens is 765 g/mol. The van der Waals surface area contributed by atoms with Crippen molar-refractivity contribution in [3.8, 4) is 0 Å². The molecule has 5 nitrogen and oxygen atoms in total. The van der Waals surface area contributed by atoms with Gasteiger partial charge in [-0.15, -0.1) is 0 Å². The maximum atomic E-state index is 12.8. The highest BCUT2D eigenvalue weighted by Gasteiger charge is 2.17. The van der Waals surface area contributed by atoms with Crippen molar-refractivity contribution in [3.05, 3.63) is 109 Å². The minimum Gasteiger partial charge on any atom is -0.462 e. The normalized spacial score (nSPS) is 13.1. The molecule has 0 spiro atoms. The fourth-order valence-electron chi connectivity index (χ4n) is 6.54. The van der Waals surface area contributed by atoms with Gasteiger partial charge in [-0.2, -0.15) is 0 Å². The van der Waals surface area contributed by atoms with Crippen molar-refractivity contribution < 1.29 is 23.8 Å². The summed E-state index contributed by atoms with van der Waals surface area (Å²) in [5, 5.41) is 0. The standard InChI is InChI=1S/C57H94O5/c1-4-7-10-13-16-19-22-25-27-29-30-33-35-38-41-44-47-50-56(58)61-54-55(62-57(59)51-48-45-42-39-36-32-24-21-18-15-12-9-6-3)53-60-52-49-46-43-40-37-34-31-28-26-23-20-17-14-11-8-5-2/h7-8,10-11,16-17,19-21,24-28,30,33-34,37,55H,4-6,9,12-15,18,22-23,29,31-32,35-36,38-54H2,1-3H3/b10-7-,11-8-,19-16-,20-17-,24-21-,27-25-,28-26-,33-30-,37-34-. The Morgan fingerprint density at radius 1 is 0.371 bits per heavy atom. The summed E-state index contributed by atoms with van der Waals surface area (Å²) < 4.78 is 17.3. The van der Waals surface area contributed by atoms with Gasteiger partial charge < -0.3 is 14.2 Å². The average molecular weight is 859 g/mol. The lowest BCUT2D eigenvalue weighted by Gasteiger charge is -2.18. The van der Waals surface area contributed by atoms with E-state index < -0.39 is 6.10 Å². The minimum atomic E-state index is -0.573. The van der Waals surface area contributed by atoms with E-state index >= 15 is 0 Å². The van der Waals surface area contributed by atoms with Crippen molar-refractivity contribution >= 4 is 11.9 Å². The Bertz CT molecular complexity index is 1250. The topological polar surface area (TPSA) is 61.8 Å². The molecule has 5 heteroatoms. The van der Waals surface area contributed by atoms with Crippen LogP contribution in [-0.4, -0.2) is 37.9 Å². The molecule has 1 atom stereocenters.